The van der Waals surface area contributed by atoms with Crippen LogP contribution in [-0.2, 0) is 14.3 Å². The van der Waals surface area contributed by atoms with Crippen LogP contribution >= 0.6 is 11.3 Å². The van der Waals surface area contributed by atoms with E-state index in [-0.39, 0.29) is 24.4 Å². The first-order valence-corrected chi connectivity index (χ1v) is 8.88. The topological polar surface area (TPSA) is 84.5 Å². The van der Waals surface area contributed by atoms with Crippen molar-refractivity contribution in [3.05, 3.63) is 58.3 Å². The van der Waals surface area contributed by atoms with Gasteiger partial charge in [-0.1, -0.05) is 36.4 Å². The molecule has 7 heteroatoms. The van der Waals surface area contributed by atoms with Gasteiger partial charge in [0.1, 0.15) is 6.54 Å². The number of hydrogen-bond acceptors (Lipinski definition) is 5. The van der Waals surface area contributed by atoms with Gasteiger partial charge in [0.2, 0.25) is 6.10 Å². The molecule has 1 aromatic heterocycles. The van der Waals surface area contributed by atoms with E-state index >= 15 is 0 Å². The molecule has 1 fully saturated rings. The molecule has 1 heterocycles. The van der Waals surface area contributed by atoms with E-state index in [1.54, 1.807) is 41.8 Å². The molecule has 130 valence electrons. The van der Waals surface area contributed by atoms with Crippen LogP contribution in [0.4, 0.5) is 0 Å². The summed E-state index contributed by atoms with van der Waals surface area (Å²) in [6.45, 7) is -0.295. The first-order valence-electron chi connectivity index (χ1n) is 8.00. The molecule has 3 rings (SSSR count). The van der Waals surface area contributed by atoms with E-state index in [4.69, 9.17) is 4.74 Å². The molecule has 2 amide bonds. The second-order valence-electron chi connectivity index (χ2n) is 5.72. The lowest BCUT2D eigenvalue weighted by Gasteiger charge is -2.18. The number of esters is 1. The zero-order valence-corrected chi connectivity index (χ0v) is 14.3. The summed E-state index contributed by atoms with van der Waals surface area (Å²) in [5.74, 6) is -1.35. The summed E-state index contributed by atoms with van der Waals surface area (Å²) < 4.78 is 5.33. The molecule has 0 aliphatic heterocycles. The van der Waals surface area contributed by atoms with Crippen LogP contribution in [0.3, 0.4) is 0 Å². The number of nitrogens with one attached hydrogen (secondary N) is 2. The Hall–Kier alpha value is -2.67. The Balaban J connectivity index is 1.59. The minimum atomic E-state index is -1.02. The second-order valence-corrected chi connectivity index (χ2v) is 6.67. The van der Waals surface area contributed by atoms with Gasteiger partial charge < -0.3 is 15.4 Å². The molecule has 1 aliphatic carbocycles. The van der Waals surface area contributed by atoms with E-state index in [9.17, 15) is 14.4 Å². The van der Waals surface area contributed by atoms with Crippen LogP contribution in [0.25, 0.3) is 0 Å². The van der Waals surface area contributed by atoms with Gasteiger partial charge in [-0.25, -0.2) is 0 Å². The standard InChI is InChI=1S/C18H18N2O4S/c21-15(11-19-17(22)14-7-4-10-25-14)24-16(12-5-2-1-3-6-12)18(23)20-13-8-9-13/h1-7,10,13,16H,8-9,11H2,(H,19,22)(H,20,23)/t16-/m0/s1. The Morgan fingerprint density at radius 1 is 1.12 bits per heavy atom. The lowest BCUT2D eigenvalue weighted by atomic mass is 10.1. The van der Waals surface area contributed by atoms with Gasteiger partial charge in [0.15, 0.2) is 0 Å². The molecule has 1 aliphatic rings. The average Bonchev–Trinajstić information content (AvgIpc) is 3.26. The molecule has 1 atom stereocenters. The highest BCUT2D eigenvalue weighted by molar-refractivity contribution is 7.12. The largest absolute Gasteiger partial charge is 0.446 e. The number of carbonyl (C=O) groups excluding carboxylic acids is 3. The van der Waals surface area contributed by atoms with E-state index in [0.717, 1.165) is 12.8 Å². The van der Waals surface area contributed by atoms with Gasteiger partial charge in [0.05, 0.1) is 4.88 Å². The highest BCUT2D eigenvalue weighted by Gasteiger charge is 2.30. The maximum atomic E-state index is 12.4. The predicted molar refractivity (Wildman–Crippen MR) is 93.1 cm³/mol. The normalized spacial score (nSPS) is 14.4. The molecule has 1 saturated carbocycles. The van der Waals surface area contributed by atoms with E-state index in [0.29, 0.717) is 10.4 Å². The Bertz CT molecular complexity index is 742. The number of hydrogen-bond donors (Lipinski definition) is 2. The molecular weight excluding hydrogens is 340 g/mol. The van der Waals surface area contributed by atoms with Crippen molar-refractivity contribution in [3.8, 4) is 0 Å². The van der Waals surface area contributed by atoms with Gasteiger partial charge in [-0.3, -0.25) is 14.4 Å². The number of thiophene rings is 1. The number of rotatable bonds is 7. The first kappa shape index (κ1) is 17.2. The first-order chi connectivity index (χ1) is 12.1. The average molecular weight is 358 g/mol. The molecule has 6 nitrogen and oxygen atoms in total. The third-order valence-electron chi connectivity index (χ3n) is 3.65. The lowest BCUT2D eigenvalue weighted by molar-refractivity contribution is -0.155. The van der Waals surface area contributed by atoms with Gasteiger partial charge in [-0.2, -0.15) is 0 Å². The molecule has 0 saturated heterocycles. The Morgan fingerprint density at radius 3 is 2.52 bits per heavy atom. The molecule has 0 radical (unpaired) electrons. The molecule has 1 aromatic carbocycles. The Morgan fingerprint density at radius 2 is 1.88 bits per heavy atom. The highest BCUT2D eigenvalue weighted by atomic mass is 32.1. The van der Waals surface area contributed by atoms with Crippen LogP contribution in [0.5, 0.6) is 0 Å². The summed E-state index contributed by atoms with van der Waals surface area (Å²) in [5.41, 5.74) is 0.596. The third-order valence-corrected chi connectivity index (χ3v) is 4.52. The maximum absolute atomic E-state index is 12.4. The molecular formula is C18H18N2O4S. The van der Waals surface area contributed by atoms with E-state index in [2.05, 4.69) is 10.6 Å². The summed E-state index contributed by atoms with van der Waals surface area (Å²) in [4.78, 5) is 36.9. The zero-order chi connectivity index (χ0) is 17.6. The smallest absolute Gasteiger partial charge is 0.326 e. The molecule has 0 bridgehead atoms. The molecule has 0 unspecified atom stereocenters. The van der Waals surface area contributed by atoms with Crippen LogP contribution < -0.4 is 10.6 Å². The zero-order valence-electron chi connectivity index (χ0n) is 13.4. The van der Waals surface area contributed by atoms with Crippen LogP contribution in [0.2, 0.25) is 0 Å². The van der Waals surface area contributed by atoms with Crippen LogP contribution in [-0.4, -0.2) is 30.4 Å². The second kappa shape index (κ2) is 7.94. The SMILES string of the molecule is O=C(CNC(=O)c1cccs1)O[C@H](C(=O)NC1CC1)c1ccccc1. The van der Waals surface area contributed by atoms with Gasteiger partial charge in [-0.05, 0) is 24.3 Å². The van der Waals surface area contributed by atoms with Crippen molar-refractivity contribution in [2.75, 3.05) is 6.54 Å². The maximum Gasteiger partial charge on any atom is 0.326 e. The van der Waals surface area contributed by atoms with Crippen molar-refractivity contribution in [2.24, 2.45) is 0 Å². The van der Waals surface area contributed by atoms with Crippen LogP contribution in [0.15, 0.2) is 47.8 Å². The number of amides is 2. The molecule has 0 spiro atoms. The number of ether oxygens (including phenoxy) is 1. The fourth-order valence-corrected chi connectivity index (χ4v) is 2.87. The Labute approximate surface area is 149 Å². The minimum absolute atomic E-state index is 0.163. The van der Waals surface area contributed by atoms with Crippen molar-refractivity contribution in [3.63, 3.8) is 0 Å². The number of carbonyl (C=O) groups is 3. The summed E-state index contributed by atoms with van der Waals surface area (Å²) in [6, 6.07) is 12.4. The van der Waals surface area contributed by atoms with Crippen molar-refractivity contribution < 1.29 is 19.1 Å². The van der Waals surface area contributed by atoms with Gasteiger partial charge in [0.25, 0.3) is 11.8 Å². The van der Waals surface area contributed by atoms with Gasteiger partial charge in [-0.15, -0.1) is 11.3 Å². The predicted octanol–water partition coefficient (Wildman–Crippen LogP) is 2.04. The van der Waals surface area contributed by atoms with Crippen LogP contribution in [0, 0.1) is 0 Å². The summed E-state index contributed by atoms with van der Waals surface area (Å²) in [7, 11) is 0. The monoisotopic (exact) mass is 358 g/mol. The highest BCUT2D eigenvalue weighted by Crippen LogP contribution is 2.23. The number of benzene rings is 1. The fourth-order valence-electron chi connectivity index (χ4n) is 2.23. The summed E-state index contributed by atoms with van der Waals surface area (Å²) >= 11 is 1.28. The van der Waals surface area contributed by atoms with E-state index in [1.165, 1.54) is 11.3 Å². The minimum Gasteiger partial charge on any atom is -0.446 e. The lowest BCUT2D eigenvalue weighted by Crippen LogP contribution is -2.36. The Kier molecular flexibility index (Phi) is 5.45. The fraction of sp³-hybridized carbons (Fsp3) is 0.278. The molecule has 2 aromatic rings. The quantitative estimate of drug-likeness (QED) is 0.742. The summed E-state index contributed by atoms with van der Waals surface area (Å²) in [6.07, 6.45) is 0.865. The van der Waals surface area contributed by atoms with Gasteiger partial charge in [0, 0.05) is 11.6 Å². The van der Waals surface area contributed by atoms with E-state index < -0.39 is 12.1 Å². The third kappa shape index (κ3) is 4.90. The van der Waals surface area contributed by atoms with Gasteiger partial charge >= 0.3 is 5.97 Å². The summed E-state index contributed by atoms with van der Waals surface area (Å²) in [5, 5.41) is 7.12. The van der Waals surface area contributed by atoms with Crippen molar-refractivity contribution in [2.45, 2.75) is 25.0 Å². The van der Waals surface area contributed by atoms with Crippen molar-refractivity contribution in [1.29, 1.82) is 0 Å². The molecule has 2 N–H and O–H groups in total. The van der Waals surface area contributed by atoms with Crippen molar-refractivity contribution in [1.82, 2.24) is 10.6 Å². The van der Waals surface area contributed by atoms with E-state index in [1.807, 2.05) is 6.07 Å². The van der Waals surface area contributed by atoms with Crippen LogP contribution in [0.1, 0.15) is 34.2 Å². The van der Waals surface area contributed by atoms with Crippen molar-refractivity contribution >= 4 is 29.1 Å². The molecule has 25 heavy (non-hydrogen) atoms.